The number of rotatable bonds is 0. The number of hydrogen-bond acceptors (Lipinski definition) is 3. The minimum Gasteiger partial charge on any atom is -0.500 e. The van der Waals surface area contributed by atoms with Crippen molar-refractivity contribution in [2.45, 2.75) is 0 Å². The molecule has 0 radical (unpaired) electrons. The summed E-state index contributed by atoms with van der Waals surface area (Å²) in [5.41, 5.74) is -0.292. The van der Waals surface area contributed by atoms with E-state index in [1.54, 1.807) is 54.6 Å². The first-order valence-electron chi connectivity index (χ1n) is 7.82. The quantitative estimate of drug-likeness (QED) is 0.338. The third kappa shape index (κ3) is 9.99. The van der Waals surface area contributed by atoms with Gasteiger partial charge in [-0.2, -0.15) is 0 Å². The van der Waals surface area contributed by atoms with Crippen LogP contribution in [0.5, 0.6) is 17.2 Å². The third-order valence-corrected chi connectivity index (χ3v) is 2.98. The topological polar surface area (TPSA) is 125 Å². The van der Waals surface area contributed by atoms with Crippen LogP contribution in [-0.4, -0.2) is 29.7 Å². The minimum atomic E-state index is -0.0972. The zero-order valence-electron chi connectivity index (χ0n) is 14.7. The van der Waals surface area contributed by atoms with Crippen LogP contribution in [0.1, 0.15) is 0 Å². The summed E-state index contributed by atoms with van der Waals surface area (Å²) in [5.74, 6) is -0.292. The van der Waals surface area contributed by atoms with Gasteiger partial charge in [0.15, 0.2) is 0 Å². The van der Waals surface area contributed by atoms with Crippen LogP contribution in [0.2, 0.25) is 0 Å². The van der Waals surface area contributed by atoms with Gasteiger partial charge in [-0.15, -0.1) is 0 Å². The van der Waals surface area contributed by atoms with E-state index in [1.165, 1.54) is 36.4 Å². The van der Waals surface area contributed by atoms with Gasteiger partial charge in [0, 0.05) is 37.7 Å². The van der Waals surface area contributed by atoms with Crippen LogP contribution in [0.25, 0.3) is 0 Å². The van der Waals surface area contributed by atoms with Gasteiger partial charge >= 0.3 is 16.3 Å². The van der Waals surface area contributed by atoms with Gasteiger partial charge in [0.1, 0.15) is 0 Å². The van der Waals surface area contributed by atoms with Gasteiger partial charge in [-0.05, 0) is 18.2 Å². The van der Waals surface area contributed by atoms with Crippen LogP contribution in [-0.2, 0) is 19.5 Å². The van der Waals surface area contributed by atoms with Crippen molar-refractivity contribution in [3.8, 4) is 17.2 Å². The van der Waals surface area contributed by atoms with Crippen molar-refractivity contribution in [2.24, 2.45) is 0 Å². The number of aromatic hydroxyl groups is 3. The van der Waals surface area contributed by atoms with E-state index in [2.05, 4.69) is 0 Å². The molecule has 7 heteroatoms. The van der Waals surface area contributed by atoms with Gasteiger partial charge in [0.25, 0.3) is 0 Å². The summed E-state index contributed by atoms with van der Waals surface area (Å²) < 4.78 is 0. The van der Waals surface area contributed by atoms with Crippen molar-refractivity contribution in [3.63, 3.8) is 0 Å². The maximum absolute atomic E-state index is 8.83. The molecule has 0 aliphatic heterocycles. The van der Waals surface area contributed by atoms with Crippen molar-refractivity contribution in [1.29, 1.82) is 0 Å². The molecule has 0 atom stereocenters. The van der Waals surface area contributed by atoms with Crippen molar-refractivity contribution in [2.75, 3.05) is 0 Å². The monoisotopic (exact) mass is 471 g/mol. The van der Waals surface area contributed by atoms with Gasteiger partial charge < -0.3 is 15.3 Å². The van der Waals surface area contributed by atoms with Crippen molar-refractivity contribution in [3.05, 3.63) is 107 Å². The van der Waals surface area contributed by atoms with Crippen molar-refractivity contribution < 1.29 is 49.2 Å². The average molecular weight is 470 g/mol. The molecule has 3 rings (SSSR count). The molecule has 28 heavy (non-hydrogen) atoms. The first-order chi connectivity index (χ1) is 12.9. The maximum atomic E-state index is 8.83. The minimum absolute atomic E-state index is 0. The van der Waals surface area contributed by atoms with E-state index in [0.29, 0.717) is 0 Å². The molecule has 6 nitrogen and oxygen atoms in total. The van der Waals surface area contributed by atoms with E-state index < -0.39 is 0 Å². The third-order valence-electron chi connectivity index (χ3n) is 2.98. The first-order valence-corrected chi connectivity index (χ1v) is 7.82. The molecule has 0 fully saturated rings. The molecule has 0 spiro atoms. The summed E-state index contributed by atoms with van der Waals surface area (Å²) in [5, 5.41) is 26.5. The fourth-order valence-corrected chi connectivity index (χ4v) is 1.58. The molecule has 0 bridgehead atoms. The Labute approximate surface area is 173 Å². The van der Waals surface area contributed by atoms with Gasteiger partial charge in [-0.1, -0.05) is 54.6 Å². The second kappa shape index (κ2) is 13.8. The predicted octanol–water partition coefficient (Wildman–Crippen LogP) is 1.19. The average Bonchev–Trinajstić information content (AvgIpc) is 3.04. The zero-order chi connectivity index (χ0) is 20.1. The van der Waals surface area contributed by atoms with Gasteiger partial charge in [-0.25, -0.2) is 0 Å². The molecule has 6 N–H and O–H groups in total. The Bertz CT molecular complexity index is 906. The van der Waals surface area contributed by atoms with Crippen molar-refractivity contribution in [1.82, 2.24) is 0 Å². The summed E-state index contributed by atoms with van der Waals surface area (Å²) in [6.45, 7) is 0. The Morgan fingerprint density at radius 1 is 0.393 bits per heavy atom. The number of hydrogen-bond donors (Lipinski definition) is 3. The Hall–Kier alpha value is -3.31. The molecule has 0 aromatic heterocycles. The second-order valence-electron chi connectivity index (χ2n) is 5.04. The summed E-state index contributed by atoms with van der Waals surface area (Å²) in [6, 6.07) is 23.6. The second-order valence-corrected chi connectivity index (χ2v) is 5.04. The summed E-state index contributed by atoms with van der Waals surface area (Å²) in [6.07, 6.45) is 0. The van der Waals surface area contributed by atoms with E-state index in [4.69, 9.17) is 29.7 Å². The maximum Gasteiger partial charge on any atom is 0.381 e. The largest absolute Gasteiger partial charge is 0.500 e. The molecule has 0 saturated heterocycles. The summed E-state index contributed by atoms with van der Waals surface area (Å²) in [4.78, 5) is 26.5. The van der Waals surface area contributed by atoms with E-state index in [0.717, 1.165) is 0 Å². The molecular weight excluding hydrogens is 449 g/mol. The van der Waals surface area contributed by atoms with E-state index in [1.807, 2.05) is 0 Å². The Kier molecular flexibility index (Phi) is 12.2. The van der Waals surface area contributed by atoms with Crippen LogP contribution in [0.3, 0.4) is 0 Å². The molecule has 0 aliphatic carbocycles. The molecule has 0 heterocycles. The van der Waals surface area contributed by atoms with E-state index in [-0.39, 0.29) is 53.0 Å². The van der Waals surface area contributed by atoms with Crippen LogP contribution in [0.4, 0.5) is 0 Å². The predicted molar refractivity (Wildman–Crippen MR) is 99.5 cm³/mol. The van der Waals surface area contributed by atoms with Gasteiger partial charge in [0.2, 0.25) is 17.2 Å². The van der Waals surface area contributed by atoms with Crippen LogP contribution >= 0.6 is 0 Å². The van der Waals surface area contributed by atoms with Gasteiger partial charge in [-0.3, -0.25) is 14.4 Å². The molecule has 0 saturated carbocycles. The fourth-order valence-electron chi connectivity index (χ4n) is 1.58. The molecular formula is C21H21O6Ru+3. The standard InChI is InChI=1S/3C7H6O2.Ru/c3*8-6-4-2-1-3-5-7(6)9;/h3*1-5H,(H,8,9);/p+3. The summed E-state index contributed by atoms with van der Waals surface area (Å²) >= 11 is 0. The normalized spacial score (nSPS) is 8.57. The van der Waals surface area contributed by atoms with Crippen LogP contribution in [0.15, 0.2) is 91.0 Å². The molecule has 3 aromatic carbocycles. The van der Waals surface area contributed by atoms with E-state index >= 15 is 0 Å². The van der Waals surface area contributed by atoms with Gasteiger partial charge in [0.05, 0.1) is 0 Å². The Morgan fingerprint density at radius 2 is 0.607 bits per heavy atom. The van der Waals surface area contributed by atoms with E-state index in [9.17, 15) is 0 Å². The Morgan fingerprint density at radius 3 is 0.857 bits per heavy atom. The van der Waals surface area contributed by atoms with Crippen LogP contribution < -0.4 is 16.3 Å². The summed E-state index contributed by atoms with van der Waals surface area (Å²) in [7, 11) is 0. The smallest absolute Gasteiger partial charge is 0.381 e. The fraction of sp³-hybridized carbons (Fsp3) is 0. The first kappa shape index (κ1) is 24.7. The SMILES string of the molecule is Oc1cccccc1=[OH+].Oc1cccccc1=[OH+].Oc1cccccc1=[OH+].[Ru]. The molecule has 3 aromatic rings. The molecule has 0 unspecified atom stereocenters. The Balaban J connectivity index is 0.000000384. The zero-order valence-corrected chi connectivity index (χ0v) is 16.4. The van der Waals surface area contributed by atoms with Crippen LogP contribution in [0, 0.1) is 0 Å². The molecule has 146 valence electrons. The molecule has 0 aliphatic rings. The van der Waals surface area contributed by atoms with Crippen molar-refractivity contribution >= 4 is 0 Å². The molecule has 0 amide bonds.